The highest BCUT2D eigenvalue weighted by atomic mass is 16.5. The topological polar surface area (TPSA) is 103 Å². The van der Waals surface area contributed by atoms with Gasteiger partial charge in [-0.3, -0.25) is 14.5 Å². The van der Waals surface area contributed by atoms with Crippen LogP contribution in [0.5, 0.6) is 11.5 Å². The monoisotopic (exact) mass is 606 g/mol. The van der Waals surface area contributed by atoms with E-state index in [1.807, 2.05) is 54.3 Å². The number of hydrogen-bond acceptors (Lipinski definition) is 7. The van der Waals surface area contributed by atoms with E-state index in [1.54, 1.807) is 0 Å². The van der Waals surface area contributed by atoms with Crippen molar-refractivity contribution in [3.8, 4) is 11.5 Å². The Balaban J connectivity index is 1.29. The molecule has 0 aromatic heterocycles. The molecule has 0 spiro atoms. The van der Waals surface area contributed by atoms with Gasteiger partial charge in [0.15, 0.2) is 0 Å². The van der Waals surface area contributed by atoms with E-state index in [9.17, 15) is 14.7 Å². The summed E-state index contributed by atoms with van der Waals surface area (Å²) in [6.07, 6.45) is 3.51. The molecule has 2 aromatic carbocycles. The summed E-state index contributed by atoms with van der Waals surface area (Å²) in [5, 5.41) is 16.7. The minimum absolute atomic E-state index is 0.00266. The number of hydrogen-bond donors (Lipinski definition) is 3. The first kappa shape index (κ1) is 32.4. The largest absolute Gasteiger partial charge is 0.457 e. The second kappa shape index (κ2) is 15.3. The molecule has 3 fully saturated rings. The van der Waals surface area contributed by atoms with Crippen molar-refractivity contribution in [2.45, 2.75) is 76.8 Å². The lowest BCUT2D eigenvalue weighted by Gasteiger charge is -2.47. The quantitative estimate of drug-likeness (QED) is 0.378. The summed E-state index contributed by atoms with van der Waals surface area (Å²) in [6.45, 7) is 7.60. The van der Waals surface area contributed by atoms with E-state index in [0.717, 1.165) is 63.2 Å². The fourth-order valence-corrected chi connectivity index (χ4v) is 6.92. The van der Waals surface area contributed by atoms with Gasteiger partial charge in [0, 0.05) is 31.5 Å². The third kappa shape index (κ3) is 8.18. The molecule has 9 heteroatoms. The number of aliphatic hydroxyl groups is 1. The van der Waals surface area contributed by atoms with Gasteiger partial charge in [-0.25, -0.2) is 0 Å². The summed E-state index contributed by atoms with van der Waals surface area (Å²) in [5.74, 6) is 1.42. The number of carbonyl (C=O) groups excluding carboxylic acids is 2. The van der Waals surface area contributed by atoms with E-state index >= 15 is 0 Å². The number of benzene rings is 2. The zero-order valence-electron chi connectivity index (χ0n) is 26.5. The number of nitrogens with zero attached hydrogens (tertiary/aromatic N) is 2. The van der Waals surface area contributed by atoms with Gasteiger partial charge in [-0.2, -0.15) is 0 Å². The smallest absolute Gasteiger partial charge is 0.228 e. The van der Waals surface area contributed by atoms with Crippen molar-refractivity contribution in [2.24, 2.45) is 17.8 Å². The molecule has 2 saturated heterocycles. The molecule has 6 atom stereocenters. The van der Waals surface area contributed by atoms with Crippen LogP contribution in [0.4, 0.5) is 0 Å². The molecule has 44 heavy (non-hydrogen) atoms. The lowest BCUT2D eigenvalue weighted by molar-refractivity contribution is -0.167. The maximum absolute atomic E-state index is 13.9. The van der Waals surface area contributed by atoms with Crippen LogP contribution < -0.4 is 15.4 Å². The predicted molar refractivity (Wildman–Crippen MR) is 170 cm³/mol. The summed E-state index contributed by atoms with van der Waals surface area (Å²) in [5.41, 5.74) is 1.17. The molecule has 2 amide bonds. The summed E-state index contributed by atoms with van der Waals surface area (Å²) in [4.78, 5) is 31.3. The average molecular weight is 607 g/mol. The fourth-order valence-electron chi connectivity index (χ4n) is 6.92. The van der Waals surface area contributed by atoms with Gasteiger partial charge in [0.2, 0.25) is 11.8 Å². The Morgan fingerprint density at radius 3 is 2.50 bits per heavy atom. The zero-order chi connectivity index (χ0) is 31.1. The van der Waals surface area contributed by atoms with E-state index in [-0.39, 0.29) is 54.4 Å². The Labute approximate surface area is 262 Å². The minimum Gasteiger partial charge on any atom is -0.457 e. The van der Waals surface area contributed by atoms with Crippen molar-refractivity contribution >= 4 is 11.8 Å². The zero-order valence-corrected chi connectivity index (χ0v) is 26.5. The first-order valence-electron chi connectivity index (χ1n) is 16.4. The first-order valence-corrected chi connectivity index (χ1v) is 16.4. The summed E-state index contributed by atoms with van der Waals surface area (Å²) in [7, 11) is 2.09. The van der Waals surface area contributed by atoms with Gasteiger partial charge in [0.25, 0.3) is 0 Å². The molecule has 240 valence electrons. The lowest BCUT2D eigenvalue weighted by Crippen LogP contribution is -2.61. The van der Waals surface area contributed by atoms with Gasteiger partial charge in [0.05, 0.1) is 36.8 Å². The van der Waals surface area contributed by atoms with Crippen molar-refractivity contribution in [1.29, 1.82) is 0 Å². The number of carbonyl (C=O) groups is 2. The number of fused-ring (bicyclic) bond motifs is 1. The van der Waals surface area contributed by atoms with Crippen molar-refractivity contribution < 1.29 is 24.2 Å². The number of rotatable bonds is 10. The number of amides is 2. The van der Waals surface area contributed by atoms with Crippen LogP contribution in [0.1, 0.15) is 51.5 Å². The highest BCUT2D eigenvalue weighted by Gasteiger charge is 2.46. The number of nitrogens with one attached hydrogen (secondary N) is 2. The fraction of sp³-hybridized carbons (Fsp3) is 0.600. The molecule has 2 aromatic rings. The van der Waals surface area contributed by atoms with E-state index in [2.05, 4.69) is 41.6 Å². The van der Waals surface area contributed by atoms with Crippen LogP contribution in [-0.4, -0.2) is 90.8 Å². The third-order valence-electron chi connectivity index (χ3n) is 9.56. The Bertz CT molecular complexity index is 1210. The molecular weight excluding hydrogens is 556 g/mol. The Kier molecular flexibility index (Phi) is 11.3. The molecular formula is C35H50N4O5. The number of likely N-dealkylation sites (N-methyl/N-ethyl adjacent to an activating group) is 1. The average Bonchev–Trinajstić information content (AvgIpc) is 3.04. The summed E-state index contributed by atoms with van der Waals surface area (Å²) >= 11 is 0. The summed E-state index contributed by atoms with van der Waals surface area (Å²) in [6, 6.07) is 17.4. The Morgan fingerprint density at radius 2 is 1.80 bits per heavy atom. The number of para-hydroxylation sites is 1. The molecule has 3 unspecified atom stereocenters. The van der Waals surface area contributed by atoms with Crippen molar-refractivity contribution in [1.82, 2.24) is 20.4 Å². The normalized spacial score (nSPS) is 27.2. The number of ether oxygens (including phenoxy) is 2. The second-order valence-electron chi connectivity index (χ2n) is 13.1. The standard InChI is InChI=1S/C35H50N4O5/c1-24-20-39(25(2)23-40)35(42)30-10-7-11-31(37-34(41)27-16-18-36-19-17-27)33(30)44-32(24)22-38(3)21-26-12-14-29(15-13-26)43-28-8-5-4-6-9-28/h4-6,8-9,12-15,24-25,27,30-33,36,40H,7,10-11,16-23H2,1-3H3,(H,37,41)/t24-,25-,30?,31?,32+,33?/m0/s1. The summed E-state index contributed by atoms with van der Waals surface area (Å²) < 4.78 is 12.9. The molecule has 3 aliphatic rings. The van der Waals surface area contributed by atoms with E-state index in [4.69, 9.17) is 9.47 Å². The Morgan fingerprint density at radius 1 is 1.09 bits per heavy atom. The van der Waals surface area contributed by atoms with Crippen molar-refractivity contribution in [2.75, 3.05) is 39.8 Å². The van der Waals surface area contributed by atoms with Gasteiger partial charge >= 0.3 is 0 Å². The lowest BCUT2D eigenvalue weighted by atomic mass is 9.80. The van der Waals surface area contributed by atoms with Crippen LogP contribution in [0, 0.1) is 17.8 Å². The SMILES string of the molecule is C[C@H]1CN([C@@H](C)CO)C(=O)C2CCCC(NC(=O)C3CCNCC3)C2O[C@@H]1CN(C)Cc1ccc(Oc2ccccc2)cc1. The van der Waals surface area contributed by atoms with Crippen LogP contribution in [0.15, 0.2) is 54.6 Å². The second-order valence-corrected chi connectivity index (χ2v) is 13.1. The number of piperidine rings is 1. The highest BCUT2D eigenvalue weighted by molar-refractivity contribution is 5.81. The molecule has 5 rings (SSSR count). The van der Waals surface area contributed by atoms with Crippen LogP contribution in [0.2, 0.25) is 0 Å². The third-order valence-corrected chi connectivity index (χ3v) is 9.56. The van der Waals surface area contributed by atoms with Gasteiger partial charge in [-0.1, -0.05) is 43.7 Å². The van der Waals surface area contributed by atoms with Crippen molar-refractivity contribution in [3.63, 3.8) is 0 Å². The van der Waals surface area contributed by atoms with Crippen molar-refractivity contribution in [3.05, 3.63) is 60.2 Å². The Hall–Kier alpha value is -2.98. The van der Waals surface area contributed by atoms with E-state index in [0.29, 0.717) is 13.1 Å². The van der Waals surface area contributed by atoms with Gasteiger partial charge < -0.3 is 30.1 Å². The van der Waals surface area contributed by atoms with Crippen LogP contribution in [0.25, 0.3) is 0 Å². The van der Waals surface area contributed by atoms with E-state index in [1.165, 1.54) is 5.56 Å². The van der Waals surface area contributed by atoms with Crippen LogP contribution >= 0.6 is 0 Å². The van der Waals surface area contributed by atoms with Crippen LogP contribution in [0.3, 0.4) is 0 Å². The molecule has 0 radical (unpaired) electrons. The van der Waals surface area contributed by atoms with Crippen LogP contribution in [-0.2, 0) is 20.9 Å². The number of aliphatic hydroxyl groups excluding tert-OH is 1. The highest BCUT2D eigenvalue weighted by Crippen LogP contribution is 2.34. The molecule has 9 nitrogen and oxygen atoms in total. The maximum atomic E-state index is 13.9. The van der Waals surface area contributed by atoms with E-state index < -0.39 is 6.10 Å². The molecule has 1 saturated carbocycles. The maximum Gasteiger partial charge on any atom is 0.228 e. The van der Waals surface area contributed by atoms with Gasteiger partial charge in [0.1, 0.15) is 11.5 Å². The molecule has 1 aliphatic carbocycles. The predicted octanol–water partition coefficient (Wildman–Crippen LogP) is 3.81. The van der Waals surface area contributed by atoms with Gasteiger partial charge in [-0.15, -0.1) is 0 Å². The molecule has 2 heterocycles. The minimum atomic E-state index is -0.397. The molecule has 2 aliphatic heterocycles. The molecule has 3 N–H and O–H groups in total. The van der Waals surface area contributed by atoms with Gasteiger partial charge in [-0.05, 0) is 82.6 Å². The first-order chi connectivity index (χ1) is 21.3. The molecule has 0 bridgehead atoms.